The summed E-state index contributed by atoms with van der Waals surface area (Å²) in [6, 6.07) is 4.40. The summed E-state index contributed by atoms with van der Waals surface area (Å²) in [5, 5.41) is 9.70. The van der Waals surface area contributed by atoms with E-state index >= 15 is 0 Å². The van der Waals surface area contributed by atoms with Crippen LogP contribution in [-0.2, 0) is 13.2 Å². The predicted octanol–water partition coefficient (Wildman–Crippen LogP) is 2.82. The lowest BCUT2D eigenvalue weighted by atomic mass is 10.1. The summed E-state index contributed by atoms with van der Waals surface area (Å²) in [5.41, 5.74) is -3.24. The Morgan fingerprint density at radius 3 is 2.50 bits per heavy atom. The summed E-state index contributed by atoms with van der Waals surface area (Å²) in [5.74, 6) is -0.0489. The molecule has 1 heterocycles. The van der Waals surface area contributed by atoms with Crippen LogP contribution in [0.15, 0.2) is 39.9 Å². The number of halogens is 5. The highest BCUT2D eigenvalue weighted by Gasteiger charge is 2.35. The highest BCUT2D eigenvalue weighted by molar-refractivity contribution is 6.32. The Balaban J connectivity index is 2.63. The van der Waals surface area contributed by atoms with Crippen LogP contribution < -0.4 is 11.2 Å². The van der Waals surface area contributed by atoms with Crippen LogP contribution in [0.2, 0.25) is 5.02 Å². The number of hydrogen-bond acceptors (Lipinski definition) is 3. The molecule has 0 saturated carbocycles. The highest BCUT2D eigenvalue weighted by atomic mass is 35.5. The fraction of sp³-hybridized carbons (Fsp3) is 0.250. The Morgan fingerprint density at radius 2 is 1.92 bits per heavy atom. The van der Waals surface area contributed by atoms with E-state index in [0.717, 1.165) is 7.05 Å². The molecule has 140 valence electrons. The molecule has 0 amide bonds. The van der Waals surface area contributed by atoms with E-state index < -0.39 is 29.2 Å². The van der Waals surface area contributed by atoms with Gasteiger partial charge in [0.2, 0.25) is 0 Å². The van der Waals surface area contributed by atoms with Crippen LogP contribution >= 0.6 is 23.2 Å². The molecule has 0 saturated heterocycles. The van der Waals surface area contributed by atoms with Crippen molar-refractivity contribution in [1.82, 2.24) is 9.13 Å². The molecule has 0 aliphatic rings. The average Bonchev–Trinajstić information content (AvgIpc) is 2.57. The summed E-state index contributed by atoms with van der Waals surface area (Å²) >= 11 is 11.5. The lowest BCUT2D eigenvalue weighted by molar-refractivity contribution is -0.144. The van der Waals surface area contributed by atoms with Crippen molar-refractivity contribution in [3.8, 4) is 5.69 Å². The third-order valence-electron chi connectivity index (χ3n) is 3.50. The highest BCUT2D eigenvalue weighted by Crippen LogP contribution is 2.27. The zero-order chi connectivity index (χ0) is 19.6. The van der Waals surface area contributed by atoms with Crippen LogP contribution in [0.3, 0.4) is 0 Å². The third-order valence-corrected chi connectivity index (χ3v) is 4.16. The summed E-state index contributed by atoms with van der Waals surface area (Å²) in [4.78, 5) is 24.4. The minimum atomic E-state index is -4.84. The molecule has 0 spiro atoms. The van der Waals surface area contributed by atoms with Crippen molar-refractivity contribution in [3.63, 3.8) is 0 Å². The zero-order valence-electron chi connectivity index (χ0n) is 13.3. The van der Waals surface area contributed by atoms with Crippen molar-refractivity contribution in [2.75, 3.05) is 5.88 Å². The van der Waals surface area contributed by atoms with Gasteiger partial charge in [-0.2, -0.15) is 13.2 Å². The van der Waals surface area contributed by atoms with Gasteiger partial charge < -0.3 is 5.11 Å². The molecule has 10 heteroatoms. The standard InChI is InChI=1S/C16H13Cl2F3N2O3/c1-22-13(16(19,20)21)7-14(25)23(15(22)26)10-3-5-12(18)9(6-10)2-4-11(24)8-17/h2-7,11,24H,8H2,1H3/b4-2+. The Kier molecular flexibility index (Phi) is 6.00. The molecule has 0 fully saturated rings. The molecule has 2 rings (SSSR count). The van der Waals surface area contributed by atoms with Gasteiger partial charge in [0, 0.05) is 18.1 Å². The van der Waals surface area contributed by atoms with Gasteiger partial charge in [0.1, 0.15) is 5.69 Å². The van der Waals surface area contributed by atoms with Gasteiger partial charge in [-0.15, -0.1) is 11.6 Å². The quantitative estimate of drug-likeness (QED) is 0.791. The van der Waals surface area contributed by atoms with Crippen LogP contribution in [0.5, 0.6) is 0 Å². The Hall–Kier alpha value is -2.03. The zero-order valence-corrected chi connectivity index (χ0v) is 14.8. The van der Waals surface area contributed by atoms with E-state index in [-0.39, 0.29) is 16.6 Å². The maximum absolute atomic E-state index is 12.9. The second kappa shape index (κ2) is 7.69. The number of rotatable bonds is 4. The Labute approximate surface area is 155 Å². The van der Waals surface area contributed by atoms with Crippen LogP contribution in [-0.4, -0.2) is 26.2 Å². The van der Waals surface area contributed by atoms with Crippen LogP contribution in [0.25, 0.3) is 11.8 Å². The van der Waals surface area contributed by atoms with Gasteiger partial charge in [-0.05, 0) is 23.8 Å². The largest absolute Gasteiger partial charge is 0.431 e. The number of nitrogens with zero attached hydrogens (tertiary/aromatic N) is 2. The normalized spacial score (nSPS) is 13.3. The van der Waals surface area contributed by atoms with Crippen LogP contribution in [0.4, 0.5) is 13.2 Å². The van der Waals surface area contributed by atoms with Crippen LogP contribution in [0.1, 0.15) is 11.3 Å². The van der Waals surface area contributed by atoms with Gasteiger partial charge in [0.15, 0.2) is 0 Å². The average molecular weight is 409 g/mol. The summed E-state index contributed by atoms with van der Waals surface area (Å²) in [6.45, 7) is 0. The van der Waals surface area contributed by atoms with Gasteiger partial charge in [-0.25, -0.2) is 9.36 Å². The van der Waals surface area contributed by atoms with Gasteiger partial charge in [-0.3, -0.25) is 9.36 Å². The summed E-state index contributed by atoms with van der Waals surface area (Å²) in [7, 11) is 0.925. The van der Waals surface area contributed by atoms with Crippen molar-refractivity contribution >= 4 is 29.3 Å². The van der Waals surface area contributed by atoms with Crippen molar-refractivity contribution in [2.24, 2.45) is 7.05 Å². The third kappa shape index (κ3) is 4.20. The Bertz CT molecular complexity index is 965. The first-order chi connectivity index (χ1) is 12.1. The molecule has 0 aliphatic heterocycles. The van der Waals surface area contributed by atoms with E-state index in [9.17, 15) is 27.9 Å². The van der Waals surface area contributed by atoms with E-state index in [4.69, 9.17) is 23.2 Å². The number of hydrogen-bond donors (Lipinski definition) is 1. The van der Waals surface area contributed by atoms with Crippen molar-refractivity contribution < 1.29 is 18.3 Å². The van der Waals surface area contributed by atoms with Gasteiger partial charge >= 0.3 is 11.9 Å². The first-order valence-corrected chi connectivity index (χ1v) is 8.10. The van der Waals surface area contributed by atoms with Crippen molar-refractivity contribution in [1.29, 1.82) is 0 Å². The smallest absolute Gasteiger partial charge is 0.388 e. The second-order valence-corrected chi connectivity index (χ2v) is 6.04. The Morgan fingerprint density at radius 1 is 1.27 bits per heavy atom. The monoisotopic (exact) mass is 408 g/mol. The van der Waals surface area contributed by atoms with Crippen molar-refractivity contribution in [3.05, 3.63) is 67.5 Å². The molecule has 5 nitrogen and oxygen atoms in total. The SMILES string of the molecule is Cn1c(C(F)(F)F)cc(=O)n(-c2ccc(Cl)c(/C=C/C(O)CCl)c2)c1=O. The molecular weight excluding hydrogens is 396 g/mol. The second-order valence-electron chi connectivity index (χ2n) is 5.33. The molecular formula is C16H13Cl2F3N2O3. The van der Waals surface area contributed by atoms with Gasteiger partial charge in [0.25, 0.3) is 5.56 Å². The van der Waals surface area contributed by atoms with Crippen LogP contribution in [0, 0.1) is 0 Å². The summed E-state index contributed by atoms with van der Waals surface area (Å²) < 4.78 is 39.6. The molecule has 0 radical (unpaired) electrons. The number of benzene rings is 1. The maximum atomic E-state index is 12.9. The summed E-state index contributed by atoms with van der Waals surface area (Å²) in [6.07, 6.45) is -2.99. The number of alkyl halides is 4. The first kappa shape index (κ1) is 20.3. The first-order valence-electron chi connectivity index (χ1n) is 7.18. The number of aromatic nitrogens is 2. The molecule has 26 heavy (non-hydrogen) atoms. The molecule has 1 aromatic carbocycles. The molecule has 1 N–H and O–H groups in total. The fourth-order valence-corrected chi connectivity index (χ4v) is 2.48. The topological polar surface area (TPSA) is 64.2 Å². The molecule has 0 bridgehead atoms. The molecule has 1 atom stereocenters. The van der Waals surface area contributed by atoms with Gasteiger partial charge in [-0.1, -0.05) is 23.8 Å². The van der Waals surface area contributed by atoms with E-state index in [1.165, 1.54) is 30.4 Å². The maximum Gasteiger partial charge on any atom is 0.431 e. The number of aliphatic hydroxyl groups excluding tert-OH is 1. The minimum absolute atomic E-state index is 0.0359. The molecule has 2 aromatic rings. The molecule has 1 aromatic heterocycles. The van der Waals surface area contributed by atoms with E-state index in [0.29, 0.717) is 20.8 Å². The number of aliphatic hydroxyl groups is 1. The van der Waals surface area contributed by atoms with Crippen molar-refractivity contribution in [2.45, 2.75) is 12.3 Å². The lowest BCUT2D eigenvalue weighted by Crippen LogP contribution is -2.40. The molecule has 1 unspecified atom stereocenters. The minimum Gasteiger partial charge on any atom is -0.388 e. The van der Waals surface area contributed by atoms with Gasteiger partial charge in [0.05, 0.1) is 17.7 Å². The van der Waals surface area contributed by atoms with E-state index in [1.807, 2.05) is 0 Å². The van der Waals surface area contributed by atoms with E-state index in [1.54, 1.807) is 0 Å². The molecule has 0 aliphatic carbocycles. The lowest BCUT2D eigenvalue weighted by Gasteiger charge is -2.14. The predicted molar refractivity (Wildman–Crippen MR) is 93.1 cm³/mol. The van der Waals surface area contributed by atoms with E-state index in [2.05, 4.69) is 0 Å². The fourth-order valence-electron chi connectivity index (χ4n) is 2.20.